The highest BCUT2D eigenvalue weighted by atomic mass is 35.5. The molecule has 0 radical (unpaired) electrons. The van der Waals surface area contributed by atoms with Gasteiger partial charge >= 0.3 is 5.97 Å². The van der Waals surface area contributed by atoms with Crippen LogP contribution in [0.5, 0.6) is 0 Å². The van der Waals surface area contributed by atoms with Crippen LogP contribution < -0.4 is 5.32 Å². The van der Waals surface area contributed by atoms with Crippen LogP contribution >= 0.6 is 11.6 Å². The number of nitrogens with one attached hydrogen (secondary N) is 1. The molecule has 1 rings (SSSR count). The van der Waals surface area contributed by atoms with E-state index in [9.17, 15) is 13.6 Å². The fraction of sp³-hybridized carbons (Fsp3) is 0.364. The summed E-state index contributed by atoms with van der Waals surface area (Å²) in [5, 5.41) is 1.95. The van der Waals surface area contributed by atoms with E-state index in [2.05, 4.69) is 10.1 Å². The van der Waals surface area contributed by atoms with Crippen LogP contribution in [0.1, 0.15) is 5.56 Å². The van der Waals surface area contributed by atoms with Gasteiger partial charge in [0.1, 0.15) is 17.0 Å². The number of carbonyl (C=O) groups is 1. The van der Waals surface area contributed by atoms with E-state index in [4.69, 9.17) is 11.6 Å². The van der Waals surface area contributed by atoms with Crippen LogP contribution in [0, 0.1) is 11.6 Å². The number of esters is 1. The molecule has 1 aromatic carbocycles. The molecule has 0 aliphatic carbocycles. The molecule has 0 aliphatic rings. The van der Waals surface area contributed by atoms with Gasteiger partial charge in [0.05, 0.1) is 7.11 Å². The fourth-order valence-corrected chi connectivity index (χ4v) is 1.41. The van der Waals surface area contributed by atoms with Crippen LogP contribution in [0.25, 0.3) is 0 Å². The lowest BCUT2D eigenvalue weighted by molar-refractivity contribution is -0.140. The van der Waals surface area contributed by atoms with Crippen LogP contribution in [0.2, 0.25) is 0 Å². The van der Waals surface area contributed by atoms with Crippen LogP contribution in [-0.2, 0) is 16.1 Å². The molecule has 0 saturated carbocycles. The van der Waals surface area contributed by atoms with E-state index < -0.39 is 23.0 Å². The van der Waals surface area contributed by atoms with Crippen molar-refractivity contribution in [1.82, 2.24) is 5.32 Å². The molecule has 1 N–H and O–H groups in total. The first-order chi connectivity index (χ1) is 8.04. The second-order valence-corrected chi connectivity index (χ2v) is 3.88. The van der Waals surface area contributed by atoms with Crippen molar-refractivity contribution in [3.63, 3.8) is 0 Å². The van der Waals surface area contributed by atoms with Crippen molar-refractivity contribution in [2.45, 2.75) is 11.9 Å². The van der Waals surface area contributed by atoms with Gasteiger partial charge in [-0.05, 0) is 6.07 Å². The molecule has 3 nitrogen and oxygen atoms in total. The van der Waals surface area contributed by atoms with Gasteiger partial charge in [-0.1, -0.05) is 6.07 Å². The Labute approximate surface area is 103 Å². The highest BCUT2D eigenvalue weighted by Gasteiger charge is 2.15. The summed E-state index contributed by atoms with van der Waals surface area (Å²) in [7, 11) is 1.23. The average molecular weight is 264 g/mol. The van der Waals surface area contributed by atoms with Gasteiger partial charge in [0, 0.05) is 24.7 Å². The summed E-state index contributed by atoms with van der Waals surface area (Å²) < 4.78 is 30.2. The highest BCUT2D eigenvalue weighted by Crippen LogP contribution is 2.09. The number of benzene rings is 1. The number of hydrogen-bond donors (Lipinski definition) is 1. The molecule has 0 saturated heterocycles. The zero-order valence-electron chi connectivity index (χ0n) is 9.17. The van der Waals surface area contributed by atoms with Crippen molar-refractivity contribution in [3.8, 4) is 0 Å². The molecule has 17 heavy (non-hydrogen) atoms. The molecule has 1 atom stereocenters. The standard InChI is InChI=1S/C11H12ClF2NO2/c1-17-11(16)9(12)6-15-5-7-2-3-8(13)4-10(7)14/h2-4,9,15H,5-6H2,1H3. The van der Waals surface area contributed by atoms with Crippen LogP contribution in [-0.4, -0.2) is 25.0 Å². The molecule has 0 aliphatic heterocycles. The summed E-state index contributed by atoms with van der Waals surface area (Å²) in [4.78, 5) is 10.9. The maximum Gasteiger partial charge on any atom is 0.325 e. The smallest absolute Gasteiger partial charge is 0.325 e. The zero-order valence-corrected chi connectivity index (χ0v) is 9.93. The van der Waals surface area contributed by atoms with Gasteiger partial charge < -0.3 is 10.1 Å². The molecule has 0 bridgehead atoms. The largest absolute Gasteiger partial charge is 0.468 e. The Morgan fingerprint density at radius 1 is 1.53 bits per heavy atom. The third-order valence-corrected chi connectivity index (χ3v) is 2.44. The van der Waals surface area contributed by atoms with Crippen molar-refractivity contribution in [1.29, 1.82) is 0 Å². The quantitative estimate of drug-likeness (QED) is 0.651. The molecular formula is C11H12ClF2NO2. The minimum atomic E-state index is -0.830. The van der Waals surface area contributed by atoms with Crippen molar-refractivity contribution < 1.29 is 18.3 Å². The number of hydrogen-bond acceptors (Lipinski definition) is 3. The number of rotatable bonds is 5. The third kappa shape index (κ3) is 4.28. The first kappa shape index (κ1) is 13.9. The molecule has 0 heterocycles. The van der Waals surface area contributed by atoms with Gasteiger partial charge in [-0.15, -0.1) is 11.6 Å². The summed E-state index contributed by atoms with van der Waals surface area (Å²) in [6.07, 6.45) is 0. The van der Waals surface area contributed by atoms with Crippen molar-refractivity contribution >= 4 is 17.6 Å². The zero-order chi connectivity index (χ0) is 12.8. The second kappa shape index (κ2) is 6.51. The Morgan fingerprint density at radius 2 is 2.24 bits per heavy atom. The molecule has 0 amide bonds. The second-order valence-electron chi connectivity index (χ2n) is 3.36. The summed E-state index contributed by atoms with van der Waals surface area (Å²) in [6, 6.07) is 3.30. The Kier molecular flexibility index (Phi) is 5.31. The molecule has 6 heteroatoms. The lowest BCUT2D eigenvalue weighted by atomic mass is 10.2. The Bertz CT molecular complexity index is 401. The van der Waals surface area contributed by atoms with Gasteiger partial charge in [-0.2, -0.15) is 0 Å². The number of carbonyl (C=O) groups excluding carboxylic acids is 1. The lowest BCUT2D eigenvalue weighted by Crippen LogP contribution is -2.30. The van der Waals surface area contributed by atoms with Gasteiger partial charge in [-0.25, -0.2) is 8.78 Å². The minimum absolute atomic E-state index is 0.144. The SMILES string of the molecule is COC(=O)C(Cl)CNCc1ccc(F)cc1F. The Balaban J connectivity index is 2.43. The number of ether oxygens (including phenoxy) is 1. The monoisotopic (exact) mass is 263 g/mol. The molecule has 0 spiro atoms. The normalized spacial score (nSPS) is 12.2. The van der Waals surface area contributed by atoms with Crippen LogP contribution in [0.3, 0.4) is 0 Å². The summed E-state index contributed by atoms with van der Waals surface area (Å²) in [5.74, 6) is -1.82. The van der Waals surface area contributed by atoms with Crippen molar-refractivity contribution in [2.24, 2.45) is 0 Å². The highest BCUT2D eigenvalue weighted by molar-refractivity contribution is 6.30. The molecule has 1 aromatic rings. The van der Waals surface area contributed by atoms with E-state index in [1.807, 2.05) is 0 Å². The van der Waals surface area contributed by atoms with E-state index >= 15 is 0 Å². The Morgan fingerprint density at radius 3 is 2.82 bits per heavy atom. The number of halogens is 3. The first-order valence-electron chi connectivity index (χ1n) is 4.91. The van der Waals surface area contributed by atoms with E-state index in [1.54, 1.807) is 0 Å². The van der Waals surface area contributed by atoms with Gasteiger partial charge in [0.2, 0.25) is 0 Å². The van der Waals surface area contributed by atoms with Gasteiger partial charge in [0.15, 0.2) is 0 Å². The molecule has 0 aromatic heterocycles. The summed E-state index contributed by atoms with van der Waals surface area (Å²) in [6.45, 7) is 0.303. The molecule has 1 unspecified atom stereocenters. The predicted molar refractivity (Wildman–Crippen MR) is 59.7 cm³/mol. The molecule has 0 fully saturated rings. The van der Waals surface area contributed by atoms with E-state index in [-0.39, 0.29) is 13.1 Å². The van der Waals surface area contributed by atoms with Crippen LogP contribution in [0.4, 0.5) is 8.78 Å². The minimum Gasteiger partial charge on any atom is -0.468 e. The summed E-state index contributed by atoms with van der Waals surface area (Å²) >= 11 is 5.67. The van der Waals surface area contributed by atoms with Gasteiger partial charge in [-0.3, -0.25) is 4.79 Å². The molecule has 94 valence electrons. The van der Waals surface area contributed by atoms with E-state index in [1.165, 1.54) is 19.2 Å². The predicted octanol–water partition coefficient (Wildman–Crippen LogP) is 1.83. The van der Waals surface area contributed by atoms with Crippen molar-refractivity contribution in [2.75, 3.05) is 13.7 Å². The van der Waals surface area contributed by atoms with E-state index in [0.717, 1.165) is 6.07 Å². The first-order valence-corrected chi connectivity index (χ1v) is 5.34. The van der Waals surface area contributed by atoms with Crippen molar-refractivity contribution in [3.05, 3.63) is 35.4 Å². The fourth-order valence-electron chi connectivity index (χ4n) is 1.21. The maximum atomic E-state index is 13.2. The van der Waals surface area contributed by atoms with Crippen LogP contribution in [0.15, 0.2) is 18.2 Å². The Hall–Kier alpha value is -1.20. The molecular weight excluding hydrogens is 252 g/mol. The topological polar surface area (TPSA) is 38.3 Å². The average Bonchev–Trinajstić information content (AvgIpc) is 2.30. The maximum absolute atomic E-state index is 13.2. The third-order valence-electron chi connectivity index (χ3n) is 2.11. The van der Waals surface area contributed by atoms with E-state index in [0.29, 0.717) is 5.56 Å². The number of alkyl halides is 1. The lowest BCUT2D eigenvalue weighted by Gasteiger charge is -2.09. The summed E-state index contributed by atoms with van der Waals surface area (Å²) in [5.41, 5.74) is 0.306. The number of methoxy groups -OCH3 is 1. The van der Waals surface area contributed by atoms with Gasteiger partial charge in [0.25, 0.3) is 0 Å².